The molecule has 0 N–H and O–H groups in total. The number of anilines is 1. The highest BCUT2D eigenvalue weighted by Crippen LogP contribution is 2.48. The lowest BCUT2D eigenvalue weighted by Gasteiger charge is -2.48. The lowest BCUT2D eigenvalue weighted by molar-refractivity contribution is -0.149. The van der Waals surface area contributed by atoms with Gasteiger partial charge in [-0.2, -0.15) is 0 Å². The number of fused-ring (bicyclic) bond motifs is 4. The monoisotopic (exact) mass is 412 g/mol. The Hall–Kier alpha value is -2.41. The average molecular weight is 413 g/mol. The molecule has 1 spiro atoms. The Labute approximate surface area is 176 Å². The van der Waals surface area contributed by atoms with Crippen LogP contribution in [0, 0.1) is 5.92 Å². The second-order valence-electron chi connectivity index (χ2n) is 9.20. The standard InChI is InChI=1S/C23H29FN4O2/c1-17(2)15-28-18-5-3-10-25-20(18)27-11-4-6-19(27)23(28)7-12-26(16-23)21(29)22(24)8-13-30-14-9-22/h3-6,10-11,17H,7-9,12-16H2,1-2H3/t23-/m1/s1. The van der Waals surface area contributed by atoms with Gasteiger partial charge in [0.15, 0.2) is 11.5 Å². The molecule has 0 saturated carbocycles. The fraction of sp³-hybridized carbons (Fsp3) is 0.565. The van der Waals surface area contributed by atoms with Crippen LogP contribution in [0.2, 0.25) is 0 Å². The van der Waals surface area contributed by atoms with Gasteiger partial charge in [0, 0.05) is 44.9 Å². The number of amides is 1. The molecule has 1 amide bonds. The van der Waals surface area contributed by atoms with E-state index in [1.165, 1.54) is 0 Å². The fourth-order valence-electron chi connectivity index (χ4n) is 5.33. The van der Waals surface area contributed by atoms with E-state index < -0.39 is 5.67 Å². The van der Waals surface area contributed by atoms with E-state index in [-0.39, 0.29) is 24.3 Å². The van der Waals surface area contributed by atoms with Crippen molar-refractivity contribution in [2.24, 2.45) is 5.92 Å². The summed E-state index contributed by atoms with van der Waals surface area (Å²) in [7, 11) is 0. The number of carbonyl (C=O) groups is 1. The van der Waals surface area contributed by atoms with E-state index in [1.54, 1.807) is 4.90 Å². The van der Waals surface area contributed by atoms with Gasteiger partial charge in [-0.3, -0.25) is 4.79 Å². The lowest BCUT2D eigenvalue weighted by atomic mass is 9.88. The molecule has 1 atom stereocenters. The summed E-state index contributed by atoms with van der Waals surface area (Å²) in [6.07, 6.45) is 4.92. The molecule has 7 heteroatoms. The highest BCUT2D eigenvalue weighted by atomic mass is 19.1. The third kappa shape index (κ3) is 2.86. The molecule has 5 rings (SSSR count). The molecule has 160 valence electrons. The van der Waals surface area contributed by atoms with E-state index in [4.69, 9.17) is 4.74 Å². The summed E-state index contributed by atoms with van der Waals surface area (Å²) >= 11 is 0. The first-order chi connectivity index (χ1) is 14.4. The summed E-state index contributed by atoms with van der Waals surface area (Å²) in [4.78, 5) is 22.0. The van der Waals surface area contributed by atoms with Crippen LogP contribution in [0.4, 0.5) is 10.1 Å². The second kappa shape index (κ2) is 7.08. The minimum absolute atomic E-state index is 0.147. The number of hydrogen-bond acceptors (Lipinski definition) is 4. The van der Waals surface area contributed by atoms with Crippen LogP contribution in [-0.2, 0) is 15.1 Å². The summed E-state index contributed by atoms with van der Waals surface area (Å²) in [5.74, 6) is 0.978. The quantitative estimate of drug-likeness (QED) is 0.776. The van der Waals surface area contributed by atoms with Crippen molar-refractivity contribution in [3.8, 4) is 5.82 Å². The highest BCUT2D eigenvalue weighted by Gasteiger charge is 2.53. The van der Waals surface area contributed by atoms with Crippen LogP contribution in [0.15, 0.2) is 36.7 Å². The van der Waals surface area contributed by atoms with E-state index in [0.717, 1.165) is 30.2 Å². The third-order valence-electron chi connectivity index (χ3n) is 6.78. The second-order valence-corrected chi connectivity index (χ2v) is 9.20. The van der Waals surface area contributed by atoms with Gasteiger partial charge in [-0.1, -0.05) is 13.8 Å². The van der Waals surface area contributed by atoms with Crippen LogP contribution < -0.4 is 4.90 Å². The van der Waals surface area contributed by atoms with Gasteiger partial charge in [-0.05, 0) is 36.6 Å². The number of likely N-dealkylation sites (tertiary alicyclic amines) is 1. The van der Waals surface area contributed by atoms with Crippen LogP contribution in [0.25, 0.3) is 5.82 Å². The number of carbonyl (C=O) groups excluding carboxylic acids is 1. The molecule has 0 aliphatic carbocycles. The molecule has 5 heterocycles. The van der Waals surface area contributed by atoms with E-state index in [1.807, 2.05) is 24.5 Å². The number of ether oxygens (including phenoxy) is 1. The van der Waals surface area contributed by atoms with Crippen LogP contribution in [0.1, 0.15) is 38.8 Å². The number of pyridine rings is 1. The summed E-state index contributed by atoms with van der Waals surface area (Å²) in [5.41, 5.74) is 0.0267. The van der Waals surface area contributed by atoms with Gasteiger partial charge in [0.05, 0.1) is 24.6 Å². The Morgan fingerprint density at radius 2 is 2.03 bits per heavy atom. The van der Waals surface area contributed by atoms with Crippen molar-refractivity contribution in [1.82, 2.24) is 14.5 Å². The topological polar surface area (TPSA) is 50.6 Å². The number of aromatic nitrogens is 2. The molecule has 3 aliphatic rings. The van der Waals surface area contributed by atoms with Gasteiger partial charge in [0.25, 0.3) is 5.91 Å². The predicted molar refractivity (Wildman–Crippen MR) is 113 cm³/mol. The maximum absolute atomic E-state index is 15.5. The predicted octanol–water partition coefficient (Wildman–Crippen LogP) is 3.29. The van der Waals surface area contributed by atoms with Crippen molar-refractivity contribution in [3.05, 3.63) is 42.4 Å². The first-order valence-corrected chi connectivity index (χ1v) is 10.9. The van der Waals surface area contributed by atoms with Gasteiger partial charge < -0.3 is 19.1 Å². The van der Waals surface area contributed by atoms with E-state index in [9.17, 15) is 4.79 Å². The van der Waals surface area contributed by atoms with Gasteiger partial charge in [-0.15, -0.1) is 0 Å². The normalized spacial score (nSPS) is 24.9. The molecule has 0 aromatic carbocycles. The molecule has 6 nitrogen and oxygen atoms in total. The number of rotatable bonds is 3. The molecular formula is C23H29FN4O2. The van der Waals surface area contributed by atoms with Crippen molar-refractivity contribution < 1.29 is 13.9 Å². The largest absolute Gasteiger partial charge is 0.381 e. The molecule has 0 unspecified atom stereocenters. The van der Waals surface area contributed by atoms with E-state index in [2.05, 4.69) is 40.4 Å². The number of halogens is 1. The molecule has 2 fully saturated rings. The van der Waals surface area contributed by atoms with Gasteiger partial charge in [-0.25, -0.2) is 9.37 Å². The van der Waals surface area contributed by atoms with Gasteiger partial charge >= 0.3 is 0 Å². The SMILES string of the molecule is CC(C)CN1c2cccnc2-n2cccc2[C@]12CCN(C(=O)C1(F)CCOCC1)C2. The zero-order chi connectivity index (χ0) is 20.9. The molecule has 0 radical (unpaired) electrons. The van der Waals surface area contributed by atoms with Crippen LogP contribution in [-0.4, -0.2) is 58.9 Å². The molecule has 3 aliphatic heterocycles. The summed E-state index contributed by atoms with van der Waals surface area (Å²) < 4.78 is 22.9. The van der Waals surface area contributed by atoms with Crippen molar-refractivity contribution in [2.75, 3.05) is 37.7 Å². The van der Waals surface area contributed by atoms with Crippen molar-refractivity contribution in [1.29, 1.82) is 0 Å². The van der Waals surface area contributed by atoms with Crippen LogP contribution in [0.5, 0.6) is 0 Å². The first-order valence-electron chi connectivity index (χ1n) is 10.9. The molecule has 30 heavy (non-hydrogen) atoms. The zero-order valence-electron chi connectivity index (χ0n) is 17.7. The Balaban J connectivity index is 1.54. The highest BCUT2D eigenvalue weighted by molar-refractivity contribution is 5.86. The maximum atomic E-state index is 15.5. The molecule has 2 saturated heterocycles. The number of nitrogens with zero attached hydrogens (tertiary/aromatic N) is 4. The minimum atomic E-state index is -1.80. The fourth-order valence-corrected chi connectivity index (χ4v) is 5.33. The number of hydrogen-bond donors (Lipinski definition) is 0. The smallest absolute Gasteiger partial charge is 0.260 e. The van der Waals surface area contributed by atoms with Gasteiger partial charge in [0.2, 0.25) is 0 Å². The van der Waals surface area contributed by atoms with Crippen molar-refractivity contribution in [3.63, 3.8) is 0 Å². The maximum Gasteiger partial charge on any atom is 0.260 e. The third-order valence-corrected chi connectivity index (χ3v) is 6.78. The van der Waals surface area contributed by atoms with E-state index >= 15 is 4.39 Å². The lowest BCUT2D eigenvalue weighted by Crippen LogP contribution is -2.55. The molecule has 0 bridgehead atoms. The molecular weight excluding hydrogens is 383 g/mol. The zero-order valence-corrected chi connectivity index (χ0v) is 17.7. The summed E-state index contributed by atoms with van der Waals surface area (Å²) in [6, 6.07) is 8.23. The Morgan fingerprint density at radius 1 is 1.23 bits per heavy atom. The molecule has 2 aromatic rings. The van der Waals surface area contributed by atoms with Crippen molar-refractivity contribution >= 4 is 11.6 Å². The van der Waals surface area contributed by atoms with E-state index in [0.29, 0.717) is 32.2 Å². The Kier molecular flexibility index (Phi) is 4.61. The number of alkyl halides is 1. The van der Waals surface area contributed by atoms with Gasteiger partial charge in [0.1, 0.15) is 5.54 Å². The Bertz CT molecular complexity index is 952. The summed E-state index contributed by atoms with van der Waals surface area (Å²) in [5, 5.41) is 0. The average Bonchev–Trinajstić information content (AvgIpc) is 3.40. The minimum Gasteiger partial charge on any atom is -0.381 e. The van der Waals surface area contributed by atoms with Crippen LogP contribution in [0.3, 0.4) is 0 Å². The summed E-state index contributed by atoms with van der Waals surface area (Å²) in [6.45, 7) is 6.91. The Morgan fingerprint density at radius 3 is 2.80 bits per heavy atom. The van der Waals surface area contributed by atoms with Crippen LogP contribution >= 0.6 is 0 Å². The molecule has 2 aromatic heterocycles. The van der Waals surface area contributed by atoms with Crippen molar-refractivity contribution in [2.45, 2.75) is 44.3 Å². The first kappa shape index (κ1) is 19.5.